The molecular formula is C28H46O2. The third-order valence-corrected chi connectivity index (χ3v) is 10.5. The molecule has 0 amide bonds. The van der Waals surface area contributed by atoms with Crippen LogP contribution in [-0.4, -0.2) is 22.4 Å². The van der Waals surface area contributed by atoms with Crippen LogP contribution in [0, 0.1) is 46.3 Å². The number of aliphatic hydroxyl groups excluding tert-OH is 2. The molecule has 30 heavy (non-hydrogen) atoms. The van der Waals surface area contributed by atoms with Crippen LogP contribution in [0.3, 0.4) is 0 Å². The van der Waals surface area contributed by atoms with E-state index in [1.165, 1.54) is 31.3 Å². The molecule has 2 heteroatoms. The van der Waals surface area contributed by atoms with E-state index in [1.54, 1.807) is 5.57 Å². The summed E-state index contributed by atoms with van der Waals surface area (Å²) in [6, 6.07) is 0. The molecule has 4 rings (SSSR count). The molecule has 0 radical (unpaired) electrons. The largest absolute Gasteiger partial charge is 0.393 e. The van der Waals surface area contributed by atoms with Gasteiger partial charge in [-0.15, -0.1) is 0 Å². The third kappa shape index (κ3) is 3.54. The van der Waals surface area contributed by atoms with Gasteiger partial charge in [-0.25, -0.2) is 0 Å². The summed E-state index contributed by atoms with van der Waals surface area (Å²) >= 11 is 0. The van der Waals surface area contributed by atoms with Crippen molar-refractivity contribution in [1.29, 1.82) is 0 Å². The Kier molecular flexibility index (Phi) is 6.08. The Bertz CT molecular complexity index is 705. The van der Waals surface area contributed by atoms with Gasteiger partial charge in [0.2, 0.25) is 0 Å². The van der Waals surface area contributed by atoms with Gasteiger partial charge in [-0.05, 0) is 103 Å². The summed E-state index contributed by atoms with van der Waals surface area (Å²) in [7, 11) is 0. The molecule has 3 fully saturated rings. The molecule has 0 aromatic carbocycles. The molecule has 4 aliphatic carbocycles. The van der Waals surface area contributed by atoms with Crippen LogP contribution in [0.25, 0.3) is 0 Å². The van der Waals surface area contributed by atoms with Gasteiger partial charge in [-0.3, -0.25) is 0 Å². The molecule has 0 saturated heterocycles. The van der Waals surface area contributed by atoms with Crippen molar-refractivity contribution in [2.75, 3.05) is 0 Å². The van der Waals surface area contributed by atoms with Gasteiger partial charge >= 0.3 is 0 Å². The summed E-state index contributed by atoms with van der Waals surface area (Å²) in [5, 5.41) is 21.6. The van der Waals surface area contributed by atoms with Crippen LogP contribution in [0.4, 0.5) is 0 Å². The highest BCUT2D eigenvalue weighted by Crippen LogP contribution is 2.65. The molecule has 0 aromatic heterocycles. The zero-order valence-electron chi connectivity index (χ0n) is 20.3. The second kappa shape index (κ2) is 8.07. The molecule has 4 aliphatic rings. The fourth-order valence-corrected chi connectivity index (χ4v) is 8.03. The number of aliphatic hydroxyl groups is 2. The average molecular weight is 415 g/mol. The Morgan fingerprint density at radius 1 is 0.933 bits per heavy atom. The predicted molar refractivity (Wildman–Crippen MR) is 125 cm³/mol. The maximum absolute atomic E-state index is 11.3. The van der Waals surface area contributed by atoms with Crippen molar-refractivity contribution in [2.45, 2.75) is 105 Å². The Labute approximate surface area is 185 Å². The van der Waals surface area contributed by atoms with Crippen molar-refractivity contribution < 1.29 is 10.2 Å². The highest BCUT2D eigenvalue weighted by molar-refractivity contribution is 5.37. The lowest BCUT2D eigenvalue weighted by atomic mass is 9.48. The smallest absolute Gasteiger partial charge is 0.0758 e. The second-order valence-electron chi connectivity index (χ2n) is 12.3. The van der Waals surface area contributed by atoms with E-state index >= 15 is 0 Å². The van der Waals surface area contributed by atoms with Crippen molar-refractivity contribution in [3.05, 3.63) is 23.3 Å². The normalized spacial score (nSPS) is 46.0. The minimum atomic E-state index is -0.279. The predicted octanol–water partition coefficient (Wildman–Crippen LogP) is 6.53. The number of allylic oxidation sites excluding steroid dienone is 3. The fourth-order valence-electron chi connectivity index (χ4n) is 8.03. The minimum absolute atomic E-state index is 0.157. The molecular weight excluding hydrogens is 368 g/mol. The molecule has 0 bridgehead atoms. The second-order valence-corrected chi connectivity index (χ2v) is 12.3. The lowest BCUT2D eigenvalue weighted by Crippen LogP contribution is -2.52. The van der Waals surface area contributed by atoms with Gasteiger partial charge in [0.25, 0.3) is 0 Å². The first-order valence-corrected chi connectivity index (χ1v) is 12.9. The number of hydrogen-bond acceptors (Lipinski definition) is 2. The van der Waals surface area contributed by atoms with Crippen molar-refractivity contribution in [3.63, 3.8) is 0 Å². The van der Waals surface area contributed by atoms with Crippen LogP contribution in [-0.2, 0) is 0 Å². The first-order valence-electron chi connectivity index (χ1n) is 12.9. The van der Waals surface area contributed by atoms with Gasteiger partial charge in [0.15, 0.2) is 0 Å². The fraction of sp³-hybridized carbons (Fsp3) is 0.857. The van der Waals surface area contributed by atoms with Gasteiger partial charge in [-0.2, -0.15) is 0 Å². The summed E-state index contributed by atoms with van der Waals surface area (Å²) in [5.74, 6) is 3.64. The van der Waals surface area contributed by atoms with Gasteiger partial charge in [0, 0.05) is 0 Å². The van der Waals surface area contributed by atoms with Gasteiger partial charge in [-0.1, -0.05) is 59.3 Å². The van der Waals surface area contributed by atoms with E-state index < -0.39 is 0 Å². The zero-order chi connectivity index (χ0) is 21.8. The van der Waals surface area contributed by atoms with Crippen LogP contribution in [0.2, 0.25) is 0 Å². The Morgan fingerprint density at radius 3 is 2.37 bits per heavy atom. The summed E-state index contributed by atoms with van der Waals surface area (Å²) in [4.78, 5) is 0. The topological polar surface area (TPSA) is 40.5 Å². The summed E-state index contributed by atoms with van der Waals surface area (Å²) < 4.78 is 0. The highest BCUT2D eigenvalue weighted by atomic mass is 16.3. The van der Waals surface area contributed by atoms with Crippen molar-refractivity contribution in [1.82, 2.24) is 0 Å². The Morgan fingerprint density at radius 2 is 1.67 bits per heavy atom. The Hall–Kier alpha value is -0.600. The molecule has 0 spiro atoms. The lowest BCUT2D eigenvalue weighted by molar-refractivity contribution is -0.0661. The van der Waals surface area contributed by atoms with Crippen LogP contribution in [0.15, 0.2) is 23.3 Å². The number of fused-ring (bicyclic) bond motifs is 4. The van der Waals surface area contributed by atoms with Crippen LogP contribution in [0.1, 0.15) is 92.9 Å². The molecule has 170 valence electrons. The molecule has 3 saturated carbocycles. The maximum Gasteiger partial charge on any atom is 0.0758 e. The van der Waals surface area contributed by atoms with Gasteiger partial charge < -0.3 is 10.2 Å². The molecule has 0 aromatic rings. The average Bonchev–Trinajstić information content (AvgIpc) is 3.04. The van der Waals surface area contributed by atoms with Crippen LogP contribution in [0.5, 0.6) is 0 Å². The van der Waals surface area contributed by atoms with Crippen LogP contribution < -0.4 is 0 Å². The van der Waals surface area contributed by atoms with Gasteiger partial charge in [0.1, 0.15) is 0 Å². The van der Waals surface area contributed by atoms with Crippen molar-refractivity contribution in [3.8, 4) is 0 Å². The molecule has 0 aliphatic heterocycles. The van der Waals surface area contributed by atoms with E-state index in [2.05, 4.69) is 53.7 Å². The molecule has 0 unspecified atom stereocenters. The monoisotopic (exact) mass is 414 g/mol. The van der Waals surface area contributed by atoms with E-state index in [9.17, 15) is 10.2 Å². The quantitative estimate of drug-likeness (QED) is 0.514. The van der Waals surface area contributed by atoms with Crippen molar-refractivity contribution >= 4 is 0 Å². The minimum Gasteiger partial charge on any atom is -0.393 e. The van der Waals surface area contributed by atoms with E-state index in [4.69, 9.17) is 0 Å². The number of hydrogen-bond donors (Lipinski definition) is 2. The lowest BCUT2D eigenvalue weighted by Gasteiger charge is -2.58. The number of rotatable bonds is 4. The van der Waals surface area contributed by atoms with E-state index in [-0.39, 0.29) is 23.0 Å². The summed E-state index contributed by atoms with van der Waals surface area (Å²) in [5.41, 5.74) is 3.63. The summed E-state index contributed by atoms with van der Waals surface area (Å²) in [6.45, 7) is 14.4. The van der Waals surface area contributed by atoms with E-state index in [1.807, 2.05) is 0 Å². The standard InChI is InChI=1S/C28H46O2/c1-17(2)18(3)7-8-19(4)22-9-10-23-26-24(12-14-28(22,23)6)27(5)13-11-21(29)15-20(27)16-25(26)30/h7-8,17-22,24-25,29-30H,9-16H2,1-6H3/b8-7+/t18-,19+,20+,21-,22+,24-,25+,27-,28+/m0/s1. The van der Waals surface area contributed by atoms with Crippen LogP contribution >= 0.6 is 0 Å². The van der Waals surface area contributed by atoms with E-state index in [0.717, 1.165) is 25.7 Å². The van der Waals surface area contributed by atoms with Gasteiger partial charge in [0.05, 0.1) is 12.2 Å². The molecule has 0 heterocycles. The maximum atomic E-state index is 11.3. The SMILES string of the molecule is CC(C)[C@@H](C)/C=C/[C@@H](C)[C@H]1CCC2=C3[C@H](O)C[C@H]4C[C@@H](O)CC[C@]4(C)[C@H]3CC[C@@]21C. The van der Waals surface area contributed by atoms with Crippen molar-refractivity contribution in [2.24, 2.45) is 46.3 Å². The Balaban J connectivity index is 1.62. The molecule has 9 atom stereocenters. The molecule has 2 nitrogen and oxygen atoms in total. The summed E-state index contributed by atoms with van der Waals surface area (Å²) in [6.07, 6.45) is 13.3. The third-order valence-electron chi connectivity index (χ3n) is 10.5. The highest BCUT2D eigenvalue weighted by Gasteiger charge is 2.57. The zero-order valence-corrected chi connectivity index (χ0v) is 20.3. The van der Waals surface area contributed by atoms with E-state index in [0.29, 0.717) is 35.5 Å². The molecule has 2 N–H and O–H groups in total. The first-order chi connectivity index (χ1) is 14.1. The first kappa shape index (κ1) is 22.6.